The van der Waals surface area contributed by atoms with E-state index in [1.54, 1.807) is 0 Å². The van der Waals surface area contributed by atoms with Crippen LogP contribution in [0.4, 0.5) is 0 Å². The third-order valence-electron chi connectivity index (χ3n) is 1.87. The van der Waals surface area contributed by atoms with Crippen molar-refractivity contribution in [3.05, 3.63) is 28.7 Å². The summed E-state index contributed by atoms with van der Waals surface area (Å²) in [6, 6.07) is 1.38. The standard InChI is InChI=1S/C9H8N4O3S/c14-6-1-2-10-3-5(6)8-11-9(13-12-8)17-4-7(15)16/h1-3H,4H2,(H,10,14)(H,15,16)(H,11,12,13). The molecule has 0 aromatic carbocycles. The monoisotopic (exact) mass is 252 g/mol. The Balaban J connectivity index is 2.21. The predicted octanol–water partition coefficient (Wildman–Crippen LogP) is 0.337. The highest BCUT2D eigenvalue weighted by Crippen LogP contribution is 2.15. The van der Waals surface area contributed by atoms with Crippen LogP contribution in [0.3, 0.4) is 0 Å². The Morgan fingerprint density at radius 2 is 2.35 bits per heavy atom. The molecule has 2 aromatic heterocycles. The molecule has 0 atom stereocenters. The molecule has 0 aliphatic rings. The Bertz CT molecular complexity index is 592. The van der Waals surface area contributed by atoms with E-state index < -0.39 is 5.97 Å². The number of thioether (sulfide) groups is 1. The molecule has 0 amide bonds. The van der Waals surface area contributed by atoms with Gasteiger partial charge in [-0.05, 0) is 0 Å². The molecule has 0 aliphatic heterocycles. The van der Waals surface area contributed by atoms with Crippen molar-refractivity contribution in [3.63, 3.8) is 0 Å². The summed E-state index contributed by atoms with van der Waals surface area (Å²) in [4.78, 5) is 28.6. The van der Waals surface area contributed by atoms with Gasteiger partial charge in [0.1, 0.15) is 0 Å². The molecular weight excluding hydrogens is 244 g/mol. The SMILES string of the molecule is O=C(O)CSc1n[nH]c(-c2c[nH]ccc2=O)n1. The van der Waals surface area contributed by atoms with Crippen LogP contribution in [0.1, 0.15) is 0 Å². The number of aromatic nitrogens is 4. The normalized spacial score (nSPS) is 10.4. The van der Waals surface area contributed by atoms with Crippen molar-refractivity contribution >= 4 is 17.7 Å². The number of nitrogens with one attached hydrogen (secondary N) is 2. The lowest BCUT2D eigenvalue weighted by atomic mass is 10.3. The Morgan fingerprint density at radius 1 is 1.53 bits per heavy atom. The summed E-state index contributed by atoms with van der Waals surface area (Å²) >= 11 is 0.985. The van der Waals surface area contributed by atoms with Gasteiger partial charge >= 0.3 is 5.97 Å². The second kappa shape index (κ2) is 4.83. The quantitative estimate of drug-likeness (QED) is 0.676. The van der Waals surface area contributed by atoms with Gasteiger partial charge in [-0.15, -0.1) is 5.10 Å². The van der Waals surface area contributed by atoms with Gasteiger partial charge < -0.3 is 10.1 Å². The Hall–Kier alpha value is -2.09. The van der Waals surface area contributed by atoms with Crippen molar-refractivity contribution in [2.24, 2.45) is 0 Å². The van der Waals surface area contributed by atoms with Crippen LogP contribution in [-0.2, 0) is 4.79 Å². The first-order valence-corrected chi connectivity index (χ1v) is 5.60. The summed E-state index contributed by atoms with van der Waals surface area (Å²) in [5.41, 5.74) is 0.178. The van der Waals surface area contributed by atoms with Gasteiger partial charge in [-0.3, -0.25) is 14.7 Å². The fraction of sp³-hybridized carbons (Fsp3) is 0.111. The Morgan fingerprint density at radius 3 is 3.06 bits per heavy atom. The summed E-state index contributed by atoms with van der Waals surface area (Å²) < 4.78 is 0. The van der Waals surface area contributed by atoms with Crippen LogP contribution in [0, 0.1) is 0 Å². The van der Waals surface area contributed by atoms with Crippen LogP contribution in [0.2, 0.25) is 0 Å². The lowest BCUT2D eigenvalue weighted by Crippen LogP contribution is -2.03. The predicted molar refractivity (Wildman–Crippen MR) is 60.8 cm³/mol. The lowest BCUT2D eigenvalue weighted by Gasteiger charge is -1.92. The molecule has 2 rings (SSSR count). The van der Waals surface area contributed by atoms with Gasteiger partial charge in [0.25, 0.3) is 0 Å². The second-order valence-corrected chi connectivity index (χ2v) is 4.01. The minimum atomic E-state index is -0.945. The molecule has 0 saturated carbocycles. The largest absolute Gasteiger partial charge is 0.481 e. The number of hydrogen-bond acceptors (Lipinski definition) is 5. The number of aromatic amines is 2. The first kappa shape index (κ1) is 11.4. The zero-order valence-electron chi connectivity index (χ0n) is 8.51. The van der Waals surface area contributed by atoms with Crippen LogP contribution in [0.25, 0.3) is 11.4 Å². The fourth-order valence-electron chi connectivity index (χ4n) is 1.16. The number of rotatable bonds is 4. The Kier molecular flexibility index (Phi) is 3.24. The first-order valence-electron chi connectivity index (χ1n) is 4.61. The van der Waals surface area contributed by atoms with Crippen molar-refractivity contribution in [3.8, 4) is 11.4 Å². The van der Waals surface area contributed by atoms with E-state index in [4.69, 9.17) is 5.11 Å². The summed E-state index contributed by atoms with van der Waals surface area (Å²) in [5.74, 6) is -0.749. The highest BCUT2D eigenvalue weighted by Gasteiger charge is 2.10. The summed E-state index contributed by atoms with van der Waals surface area (Å²) in [5, 5.41) is 15.2. The maximum atomic E-state index is 11.5. The molecule has 8 heteroatoms. The van der Waals surface area contributed by atoms with Gasteiger partial charge in [-0.1, -0.05) is 11.8 Å². The molecule has 2 aromatic rings. The van der Waals surface area contributed by atoms with E-state index in [9.17, 15) is 9.59 Å². The average molecular weight is 252 g/mol. The molecule has 0 spiro atoms. The fourth-order valence-corrected chi connectivity index (χ4v) is 1.68. The van der Waals surface area contributed by atoms with Crippen LogP contribution in [0.15, 0.2) is 28.4 Å². The molecule has 0 fully saturated rings. The molecular formula is C9H8N4O3S. The first-order chi connectivity index (χ1) is 8.16. The van der Waals surface area contributed by atoms with E-state index >= 15 is 0 Å². The number of hydrogen-bond donors (Lipinski definition) is 3. The van der Waals surface area contributed by atoms with E-state index in [1.807, 2.05) is 0 Å². The van der Waals surface area contributed by atoms with Crippen LogP contribution in [-0.4, -0.2) is 37.0 Å². The molecule has 0 unspecified atom stereocenters. The average Bonchev–Trinajstić information content (AvgIpc) is 2.75. The zero-order chi connectivity index (χ0) is 12.3. The molecule has 0 bridgehead atoms. The van der Waals surface area contributed by atoms with Crippen molar-refractivity contribution in [2.75, 3.05) is 5.75 Å². The van der Waals surface area contributed by atoms with Gasteiger partial charge in [0.05, 0.1) is 11.3 Å². The van der Waals surface area contributed by atoms with E-state index in [-0.39, 0.29) is 11.2 Å². The van der Waals surface area contributed by atoms with Gasteiger partial charge in [-0.2, -0.15) is 0 Å². The molecule has 88 valence electrons. The second-order valence-electron chi connectivity index (χ2n) is 3.07. The van der Waals surface area contributed by atoms with E-state index in [2.05, 4.69) is 20.2 Å². The van der Waals surface area contributed by atoms with Crippen molar-refractivity contribution < 1.29 is 9.90 Å². The zero-order valence-corrected chi connectivity index (χ0v) is 9.32. The van der Waals surface area contributed by atoms with E-state index in [1.165, 1.54) is 18.5 Å². The molecule has 3 N–H and O–H groups in total. The number of carboxylic acids is 1. The molecule has 7 nitrogen and oxygen atoms in total. The number of carbonyl (C=O) groups is 1. The van der Waals surface area contributed by atoms with E-state index in [0.29, 0.717) is 16.5 Å². The minimum absolute atomic E-state index is 0.123. The van der Waals surface area contributed by atoms with Gasteiger partial charge in [0.15, 0.2) is 11.3 Å². The number of nitrogens with zero attached hydrogens (tertiary/aromatic N) is 2. The topological polar surface area (TPSA) is 112 Å². The number of aliphatic carboxylic acids is 1. The summed E-state index contributed by atoms with van der Waals surface area (Å²) in [6.45, 7) is 0. The van der Waals surface area contributed by atoms with Crippen LogP contribution < -0.4 is 5.43 Å². The maximum Gasteiger partial charge on any atom is 0.313 e. The molecule has 17 heavy (non-hydrogen) atoms. The summed E-state index contributed by atoms with van der Waals surface area (Å²) in [6.07, 6.45) is 3.02. The van der Waals surface area contributed by atoms with Gasteiger partial charge in [0, 0.05) is 18.5 Å². The summed E-state index contributed by atoms with van der Waals surface area (Å²) in [7, 11) is 0. The van der Waals surface area contributed by atoms with Crippen LogP contribution >= 0.6 is 11.8 Å². The number of pyridine rings is 1. The van der Waals surface area contributed by atoms with Crippen molar-refractivity contribution in [1.29, 1.82) is 0 Å². The lowest BCUT2D eigenvalue weighted by molar-refractivity contribution is -0.133. The van der Waals surface area contributed by atoms with E-state index in [0.717, 1.165) is 11.8 Å². The highest BCUT2D eigenvalue weighted by molar-refractivity contribution is 7.99. The van der Waals surface area contributed by atoms with Gasteiger partial charge in [0.2, 0.25) is 5.16 Å². The smallest absolute Gasteiger partial charge is 0.313 e. The van der Waals surface area contributed by atoms with Gasteiger partial charge in [-0.25, -0.2) is 4.98 Å². The van der Waals surface area contributed by atoms with Crippen LogP contribution in [0.5, 0.6) is 0 Å². The number of H-pyrrole nitrogens is 2. The highest BCUT2D eigenvalue weighted by atomic mass is 32.2. The molecule has 0 aliphatic carbocycles. The third kappa shape index (κ3) is 2.72. The van der Waals surface area contributed by atoms with Crippen molar-refractivity contribution in [1.82, 2.24) is 20.2 Å². The molecule has 2 heterocycles. The maximum absolute atomic E-state index is 11.5. The molecule has 0 saturated heterocycles. The van der Waals surface area contributed by atoms with Crippen molar-refractivity contribution in [2.45, 2.75) is 5.16 Å². The Labute approximate surface area is 99.3 Å². The minimum Gasteiger partial charge on any atom is -0.481 e. The molecule has 0 radical (unpaired) electrons. The number of carboxylic acid groups (broad SMARTS) is 1. The third-order valence-corrected chi connectivity index (χ3v) is 2.70.